The molecule has 0 saturated carbocycles. The van der Waals surface area contributed by atoms with Crippen molar-refractivity contribution in [3.05, 3.63) is 0 Å². The molecule has 1 aliphatic rings. The highest BCUT2D eigenvalue weighted by Crippen LogP contribution is 2.34. The molecule has 1 fully saturated rings. The minimum atomic E-state index is -4.38. The molecule has 0 spiro atoms. The van der Waals surface area contributed by atoms with Gasteiger partial charge >= 0.3 is 22.2 Å². The van der Waals surface area contributed by atoms with E-state index in [1.807, 2.05) is 0 Å². The van der Waals surface area contributed by atoms with E-state index in [1.54, 1.807) is 27.7 Å². The van der Waals surface area contributed by atoms with Gasteiger partial charge in [0.15, 0.2) is 0 Å². The number of esters is 2. The van der Waals surface area contributed by atoms with Gasteiger partial charge in [0, 0.05) is 0 Å². The van der Waals surface area contributed by atoms with Crippen molar-refractivity contribution in [2.75, 3.05) is 13.2 Å². The van der Waals surface area contributed by atoms with Crippen LogP contribution in [0, 0.1) is 11.3 Å². The van der Waals surface area contributed by atoms with Crippen molar-refractivity contribution in [3.8, 4) is 0 Å². The van der Waals surface area contributed by atoms with Crippen molar-refractivity contribution in [2.45, 2.75) is 66.5 Å². The van der Waals surface area contributed by atoms with Gasteiger partial charge in [-0.25, -0.2) is 4.31 Å². The van der Waals surface area contributed by atoms with Crippen LogP contribution >= 0.6 is 0 Å². The van der Waals surface area contributed by atoms with E-state index >= 15 is 0 Å². The normalized spacial score (nSPS) is 20.9. The third kappa shape index (κ3) is 5.90. The van der Waals surface area contributed by atoms with Crippen LogP contribution in [0.2, 0.25) is 0 Å². The number of carbonyl (C=O) groups excluding carboxylic acids is 3. The van der Waals surface area contributed by atoms with Crippen molar-refractivity contribution in [2.24, 2.45) is 11.3 Å². The van der Waals surface area contributed by atoms with E-state index in [0.717, 1.165) is 0 Å². The first kappa shape index (κ1) is 23.4. The summed E-state index contributed by atoms with van der Waals surface area (Å²) in [4.78, 5) is 35.9. The van der Waals surface area contributed by atoms with Gasteiger partial charge in [-0.2, -0.15) is 8.42 Å². The molecule has 0 radical (unpaired) electrons. The molecule has 2 atom stereocenters. The summed E-state index contributed by atoms with van der Waals surface area (Å²) in [5.41, 5.74) is -1.89. The Morgan fingerprint density at radius 3 is 2.15 bits per heavy atom. The zero-order valence-electron chi connectivity index (χ0n) is 16.9. The summed E-state index contributed by atoms with van der Waals surface area (Å²) in [6.45, 7) is 10.9. The lowest BCUT2D eigenvalue weighted by atomic mass is 9.89. The number of rotatable bonds is 8. The van der Waals surface area contributed by atoms with Crippen LogP contribution in [0.3, 0.4) is 0 Å². The Morgan fingerprint density at radius 1 is 1.15 bits per heavy atom. The summed E-state index contributed by atoms with van der Waals surface area (Å²) in [6.07, 6.45) is -0.211. The lowest BCUT2D eigenvalue weighted by molar-refractivity contribution is -0.163. The number of hydrogen-bond acceptors (Lipinski definition) is 8. The number of β-lactam (4-membered cyclic amide) rings is 1. The van der Waals surface area contributed by atoms with E-state index in [9.17, 15) is 22.8 Å². The molecular weight excluding hydrogens is 378 g/mol. The molecule has 0 aromatic heterocycles. The van der Waals surface area contributed by atoms with Crippen molar-refractivity contribution < 1.29 is 36.5 Å². The van der Waals surface area contributed by atoms with Gasteiger partial charge in [-0.1, -0.05) is 0 Å². The van der Waals surface area contributed by atoms with Crippen LogP contribution in [0.4, 0.5) is 0 Å². The Morgan fingerprint density at radius 2 is 1.70 bits per heavy atom. The van der Waals surface area contributed by atoms with Gasteiger partial charge in [-0.15, -0.1) is 0 Å². The number of amides is 1. The van der Waals surface area contributed by atoms with Crippen molar-refractivity contribution in [1.82, 2.24) is 4.31 Å². The van der Waals surface area contributed by atoms with Crippen LogP contribution in [-0.2, 0) is 38.3 Å². The van der Waals surface area contributed by atoms with Gasteiger partial charge in [0.1, 0.15) is 5.60 Å². The molecule has 0 aromatic carbocycles. The third-order valence-electron chi connectivity index (χ3n) is 3.93. The average Bonchev–Trinajstić information content (AvgIpc) is 2.49. The van der Waals surface area contributed by atoms with E-state index < -0.39 is 57.7 Å². The molecule has 0 aromatic rings. The highest BCUT2D eigenvalue weighted by molar-refractivity contribution is 7.85. The summed E-state index contributed by atoms with van der Waals surface area (Å²) in [5.74, 6) is -2.71. The zero-order chi connectivity index (χ0) is 21.2. The van der Waals surface area contributed by atoms with E-state index in [2.05, 4.69) is 0 Å². The van der Waals surface area contributed by atoms with Gasteiger partial charge in [0.25, 0.3) is 0 Å². The molecule has 2 unspecified atom stereocenters. The topological polar surface area (TPSA) is 116 Å². The molecule has 1 rings (SSSR count). The summed E-state index contributed by atoms with van der Waals surface area (Å²) in [5, 5.41) is 0. The number of hydrogen-bond donors (Lipinski definition) is 0. The monoisotopic (exact) mass is 407 g/mol. The maximum absolute atomic E-state index is 12.3. The Balaban J connectivity index is 2.71. The fourth-order valence-electron chi connectivity index (χ4n) is 2.45. The standard InChI is InChI=1S/C17H29NO8S/c1-8-24-15(21)17(6,7)10-25-27(22,23)18-11(2)12(14(18)20)9-13(19)26-16(3,4)5/h11-12H,8-10H2,1-7H3. The smallest absolute Gasteiger partial charge is 0.364 e. The summed E-state index contributed by atoms with van der Waals surface area (Å²) in [7, 11) is -4.38. The average molecular weight is 407 g/mol. The first-order chi connectivity index (χ1) is 12.1. The molecule has 1 amide bonds. The van der Waals surface area contributed by atoms with E-state index in [1.165, 1.54) is 20.8 Å². The van der Waals surface area contributed by atoms with E-state index in [4.69, 9.17) is 13.7 Å². The minimum Gasteiger partial charge on any atom is -0.466 e. The molecule has 27 heavy (non-hydrogen) atoms. The molecular formula is C17H29NO8S. The predicted octanol–water partition coefficient (Wildman–Crippen LogP) is 1.42. The highest BCUT2D eigenvalue weighted by Gasteiger charge is 2.52. The summed E-state index contributed by atoms with van der Waals surface area (Å²) >= 11 is 0. The summed E-state index contributed by atoms with van der Waals surface area (Å²) < 4.78 is 40.2. The second-order valence-electron chi connectivity index (χ2n) is 8.10. The predicted molar refractivity (Wildman–Crippen MR) is 95.5 cm³/mol. The Hall–Kier alpha value is -1.68. The first-order valence-corrected chi connectivity index (χ1v) is 10.1. The number of nitrogens with zero attached hydrogens (tertiary/aromatic N) is 1. The second-order valence-corrected chi connectivity index (χ2v) is 9.58. The fraction of sp³-hybridized carbons (Fsp3) is 0.824. The van der Waals surface area contributed by atoms with Crippen LogP contribution in [-0.4, -0.2) is 55.4 Å². The first-order valence-electron chi connectivity index (χ1n) is 8.74. The molecule has 156 valence electrons. The molecule has 0 aliphatic carbocycles. The molecule has 9 nitrogen and oxygen atoms in total. The highest BCUT2D eigenvalue weighted by atomic mass is 32.2. The molecule has 1 heterocycles. The van der Waals surface area contributed by atoms with Crippen molar-refractivity contribution in [1.29, 1.82) is 0 Å². The van der Waals surface area contributed by atoms with Crippen LogP contribution in [0.25, 0.3) is 0 Å². The van der Waals surface area contributed by atoms with Crippen LogP contribution < -0.4 is 0 Å². The van der Waals surface area contributed by atoms with Crippen LogP contribution in [0.5, 0.6) is 0 Å². The van der Waals surface area contributed by atoms with Gasteiger partial charge < -0.3 is 9.47 Å². The lowest BCUT2D eigenvalue weighted by Gasteiger charge is -2.43. The maximum Gasteiger partial charge on any atom is 0.364 e. The van der Waals surface area contributed by atoms with Gasteiger partial charge in [-0.3, -0.25) is 18.6 Å². The van der Waals surface area contributed by atoms with E-state index in [-0.39, 0.29) is 13.0 Å². The van der Waals surface area contributed by atoms with Crippen molar-refractivity contribution in [3.63, 3.8) is 0 Å². The van der Waals surface area contributed by atoms with Crippen LogP contribution in [0.1, 0.15) is 54.9 Å². The molecule has 1 saturated heterocycles. The quantitative estimate of drug-likeness (QED) is 0.438. The fourth-order valence-corrected chi connectivity index (χ4v) is 3.92. The Bertz CT molecular complexity index is 692. The van der Waals surface area contributed by atoms with Crippen LogP contribution in [0.15, 0.2) is 0 Å². The van der Waals surface area contributed by atoms with Crippen molar-refractivity contribution >= 4 is 28.1 Å². The number of ether oxygens (including phenoxy) is 2. The van der Waals surface area contributed by atoms with Gasteiger partial charge in [0.05, 0.1) is 37.0 Å². The second kappa shape index (κ2) is 8.14. The molecule has 0 bridgehead atoms. The zero-order valence-corrected chi connectivity index (χ0v) is 17.7. The minimum absolute atomic E-state index is 0.156. The summed E-state index contributed by atoms with van der Waals surface area (Å²) in [6, 6.07) is -0.749. The largest absolute Gasteiger partial charge is 0.466 e. The van der Waals surface area contributed by atoms with Gasteiger partial charge in [-0.05, 0) is 48.5 Å². The maximum atomic E-state index is 12.3. The van der Waals surface area contributed by atoms with E-state index in [0.29, 0.717) is 4.31 Å². The Labute approximate surface area is 160 Å². The third-order valence-corrected chi connectivity index (χ3v) is 5.34. The molecule has 0 N–H and O–H groups in total. The number of carbonyl (C=O) groups is 3. The Kier molecular flexibility index (Phi) is 7.04. The SMILES string of the molecule is CCOC(=O)C(C)(C)COS(=O)(=O)N1C(=O)C(CC(=O)OC(C)(C)C)C1C. The lowest BCUT2D eigenvalue weighted by Crippen LogP contribution is -2.62. The molecule has 10 heteroatoms. The van der Waals surface area contributed by atoms with Gasteiger partial charge in [0.2, 0.25) is 5.91 Å². The molecule has 1 aliphatic heterocycles.